The van der Waals surface area contributed by atoms with Crippen LogP contribution in [0.3, 0.4) is 0 Å². The van der Waals surface area contributed by atoms with Gasteiger partial charge in [0.2, 0.25) is 0 Å². The fourth-order valence-corrected chi connectivity index (χ4v) is 1.62. The second-order valence-corrected chi connectivity index (χ2v) is 3.77. The Bertz CT molecular complexity index is 361. The minimum atomic E-state index is 0.0318. The molecule has 76 valence electrons. The summed E-state index contributed by atoms with van der Waals surface area (Å²) < 4.78 is 0. The molecule has 0 unspecified atom stereocenters. The normalized spacial score (nSPS) is 10.3. The Morgan fingerprint density at radius 1 is 1.43 bits per heavy atom. The van der Waals surface area contributed by atoms with Crippen LogP contribution in [0, 0.1) is 13.8 Å². The first-order chi connectivity index (χ1) is 6.56. The number of rotatable bonds is 3. The zero-order valence-electron chi connectivity index (χ0n) is 8.65. The van der Waals surface area contributed by atoms with Gasteiger partial charge in [-0.05, 0) is 32.5 Å². The number of Topliss-reactive ketones (excluding diaryl/α,β-unsaturated/α-hetero) is 1. The van der Waals surface area contributed by atoms with E-state index in [1.807, 2.05) is 26.0 Å². The van der Waals surface area contributed by atoms with Crippen molar-refractivity contribution in [2.75, 3.05) is 13.6 Å². The van der Waals surface area contributed by atoms with Gasteiger partial charge in [-0.1, -0.05) is 23.2 Å². The molecule has 0 amide bonds. The van der Waals surface area contributed by atoms with E-state index in [2.05, 4.69) is 5.32 Å². The lowest BCUT2D eigenvalue weighted by atomic mass is 10.0. The largest absolute Gasteiger partial charge is 0.313 e. The molecule has 0 spiro atoms. The third kappa shape index (κ3) is 2.34. The predicted octanol–water partition coefficient (Wildman–Crippen LogP) is 2.36. The predicted molar refractivity (Wildman–Crippen MR) is 59.2 cm³/mol. The van der Waals surface area contributed by atoms with Crippen molar-refractivity contribution in [1.29, 1.82) is 0 Å². The molecule has 0 radical (unpaired) electrons. The average Bonchev–Trinajstić information content (AvgIpc) is 2.11. The molecule has 2 nitrogen and oxygen atoms in total. The van der Waals surface area contributed by atoms with Crippen LogP contribution in [0.15, 0.2) is 12.1 Å². The molecule has 0 aromatic heterocycles. The van der Waals surface area contributed by atoms with E-state index in [0.717, 1.165) is 11.1 Å². The van der Waals surface area contributed by atoms with E-state index in [-0.39, 0.29) is 5.78 Å². The first kappa shape index (κ1) is 11.2. The number of hydrogen-bond donors (Lipinski definition) is 1. The smallest absolute Gasteiger partial charge is 0.178 e. The second kappa shape index (κ2) is 4.58. The summed E-state index contributed by atoms with van der Waals surface area (Å²) in [6.45, 7) is 4.19. The summed E-state index contributed by atoms with van der Waals surface area (Å²) in [5.74, 6) is 0.0318. The Morgan fingerprint density at radius 2 is 2.07 bits per heavy atom. The zero-order chi connectivity index (χ0) is 10.7. The maximum absolute atomic E-state index is 11.6. The zero-order valence-corrected chi connectivity index (χ0v) is 9.40. The van der Waals surface area contributed by atoms with E-state index in [9.17, 15) is 4.79 Å². The summed E-state index contributed by atoms with van der Waals surface area (Å²) >= 11 is 6.05. The van der Waals surface area contributed by atoms with Crippen LogP contribution in [0.1, 0.15) is 21.5 Å². The summed E-state index contributed by atoms with van der Waals surface area (Å²) in [6, 6.07) is 3.80. The molecule has 1 rings (SSSR count). The third-order valence-electron chi connectivity index (χ3n) is 2.04. The van der Waals surface area contributed by atoms with E-state index in [1.54, 1.807) is 7.05 Å². The van der Waals surface area contributed by atoms with Gasteiger partial charge in [0.05, 0.1) is 11.6 Å². The summed E-state index contributed by atoms with van der Waals surface area (Å²) in [5.41, 5.74) is 2.62. The minimum absolute atomic E-state index is 0.0318. The van der Waals surface area contributed by atoms with Crippen molar-refractivity contribution >= 4 is 17.4 Å². The summed E-state index contributed by atoms with van der Waals surface area (Å²) in [4.78, 5) is 11.6. The van der Waals surface area contributed by atoms with Crippen molar-refractivity contribution in [3.63, 3.8) is 0 Å². The molecule has 0 saturated heterocycles. The monoisotopic (exact) mass is 211 g/mol. The van der Waals surface area contributed by atoms with Crippen LogP contribution in [0.2, 0.25) is 5.02 Å². The number of carbonyl (C=O) groups is 1. The number of ketones is 1. The molecule has 0 aliphatic heterocycles. The van der Waals surface area contributed by atoms with Crippen LogP contribution in [-0.2, 0) is 0 Å². The van der Waals surface area contributed by atoms with Crippen molar-refractivity contribution in [1.82, 2.24) is 5.32 Å². The van der Waals surface area contributed by atoms with Crippen molar-refractivity contribution < 1.29 is 4.79 Å². The van der Waals surface area contributed by atoms with Crippen LogP contribution in [0.25, 0.3) is 0 Å². The fourth-order valence-electron chi connectivity index (χ4n) is 1.41. The average molecular weight is 212 g/mol. The lowest BCUT2D eigenvalue weighted by molar-refractivity contribution is 0.0993. The van der Waals surface area contributed by atoms with Gasteiger partial charge in [-0.15, -0.1) is 0 Å². The van der Waals surface area contributed by atoms with E-state index >= 15 is 0 Å². The van der Waals surface area contributed by atoms with Gasteiger partial charge in [-0.2, -0.15) is 0 Å². The molecule has 1 N–H and O–H groups in total. The van der Waals surface area contributed by atoms with Crippen molar-refractivity contribution in [3.8, 4) is 0 Å². The maximum atomic E-state index is 11.6. The van der Waals surface area contributed by atoms with Crippen LogP contribution in [0.4, 0.5) is 0 Å². The molecular weight excluding hydrogens is 198 g/mol. The Morgan fingerprint density at radius 3 is 2.64 bits per heavy atom. The van der Waals surface area contributed by atoms with Crippen molar-refractivity contribution in [2.45, 2.75) is 13.8 Å². The van der Waals surface area contributed by atoms with Crippen LogP contribution >= 0.6 is 11.6 Å². The number of hydrogen-bond acceptors (Lipinski definition) is 2. The highest BCUT2D eigenvalue weighted by atomic mass is 35.5. The number of nitrogens with one attached hydrogen (secondary N) is 1. The Labute approximate surface area is 89.3 Å². The molecular formula is C11H14ClNO. The van der Waals surface area contributed by atoms with Gasteiger partial charge >= 0.3 is 0 Å². The highest BCUT2D eigenvalue weighted by molar-refractivity contribution is 6.34. The number of halogens is 1. The highest BCUT2D eigenvalue weighted by Gasteiger charge is 2.11. The van der Waals surface area contributed by atoms with Crippen LogP contribution < -0.4 is 5.32 Å². The molecule has 1 aromatic rings. The SMILES string of the molecule is CNCC(=O)c1cc(C)cc(C)c1Cl. The van der Waals surface area contributed by atoms with E-state index in [1.165, 1.54) is 0 Å². The van der Waals surface area contributed by atoms with Gasteiger partial charge in [-0.3, -0.25) is 4.79 Å². The third-order valence-corrected chi connectivity index (χ3v) is 2.54. The molecule has 0 aliphatic carbocycles. The molecule has 3 heteroatoms. The number of aryl methyl sites for hydroxylation is 2. The van der Waals surface area contributed by atoms with Crippen LogP contribution in [0.5, 0.6) is 0 Å². The highest BCUT2D eigenvalue weighted by Crippen LogP contribution is 2.22. The topological polar surface area (TPSA) is 29.1 Å². The van der Waals surface area contributed by atoms with E-state index < -0.39 is 0 Å². The number of carbonyl (C=O) groups excluding carboxylic acids is 1. The Hall–Kier alpha value is -0.860. The van der Waals surface area contributed by atoms with Gasteiger partial charge in [0.15, 0.2) is 5.78 Å². The van der Waals surface area contributed by atoms with Gasteiger partial charge in [-0.25, -0.2) is 0 Å². The lowest BCUT2D eigenvalue weighted by Gasteiger charge is -2.07. The molecule has 1 aromatic carbocycles. The first-order valence-electron chi connectivity index (χ1n) is 4.50. The quantitative estimate of drug-likeness (QED) is 0.778. The molecule has 0 heterocycles. The van der Waals surface area contributed by atoms with E-state index in [0.29, 0.717) is 17.1 Å². The molecule has 0 atom stereocenters. The lowest BCUT2D eigenvalue weighted by Crippen LogP contribution is -2.19. The summed E-state index contributed by atoms with van der Waals surface area (Å²) in [5, 5.41) is 3.39. The molecule has 0 fully saturated rings. The Kier molecular flexibility index (Phi) is 3.67. The number of benzene rings is 1. The standard InChI is InChI=1S/C11H14ClNO/c1-7-4-8(2)11(12)9(5-7)10(14)6-13-3/h4-5,13H,6H2,1-3H3. The first-order valence-corrected chi connectivity index (χ1v) is 4.88. The molecule has 0 saturated carbocycles. The minimum Gasteiger partial charge on any atom is -0.313 e. The molecule has 14 heavy (non-hydrogen) atoms. The van der Waals surface area contributed by atoms with Crippen molar-refractivity contribution in [3.05, 3.63) is 33.8 Å². The maximum Gasteiger partial charge on any atom is 0.178 e. The summed E-state index contributed by atoms with van der Waals surface area (Å²) in [6.07, 6.45) is 0. The van der Waals surface area contributed by atoms with Gasteiger partial charge in [0.1, 0.15) is 0 Å². The second-order valence-electron chi connectivity index (χ2n) is 3.40. The van der Waals surface area contributed by atoms with Crippen LogP contribution in [-0.4, -0.2) is 19.4 Å². The molecule has 0 aliphatic rings. The van der Waals surface area contributed by atoms with E-state index in [4.69, 9.17) is 11.6 Å². The van der Waals surface area contributed by atoms with Gasteiger partial charge < -0.3 is 5.32 Å². The molecule has 0 bridgehead atoms. The fraction of sp³-hybridized carbons (Fsp3) is 0.364. The number of likely N-dealkylation sites (N-methyl/N-ethyl adjacent to an activating group) is 1. The van der Waals surface area contributed by atoms with Gasteiger partial charge in [0.25, 0.3) is 0 Å². The van der Waals surface area contributed by atoms with Gasteiger partial charge in [0, 0.05) is 5.56 Å². The summed E-state index contributed by atoms with van der Waals surface area (Å²) in [7, 11) is 1.74. The Balaban J connectivity index is 3.13. The van der Waals surface area contributed by atoms with Crippen molar-refractivity contribution in [2.24, 2.45) is 0 Å².